The summed E-state index contributed by atoms with van der Waals surface area (Å²) in [4.78, 5) is 11.8. The molecule has 0 amide bonds. The van der Waals surface area contributed by atoms with Crippen molar-refractivity contribution in [3.05, 3.63) is 65.9 Å². The van der Waals surface area contributed by atoms with E-state index in [9.17, 15) is 0 Å². The molecule has 1 fully saturated rings. The highest BCUT2D eigenvalue weighted by Gasteiger charge is 2.35. The molecule has 3 aromatic heterocycles. The first kappa shape index (κ1) is 14.4. The first-order valence-electron chi connectivity index (χ1n) is 8.27. The van der Waals surface area contributed by atoms with E-state index in [-0.39, 0.29) is 0 Å². The molecule has 3 heterocycles. The van der Waals surface area contributed by atoms with Gasteiger partial charge in [-0.2, -0.15) is 0 Å². The highest BCUT2D eigenvalue weighted by Crippen LogP contribution is 2.43. The summed E-state index contributed by atoms with van der Waals surface area (Å²) < 4.78 is 2.12. The number of aryl methyl sites for hydroxylation is 1. The Hall–Kier alpha value is -2.20. The standard InChI is InChI=1S/C19H22N4/c1-14-6-5-11-23-13-16(21-19(14)23)12-22(2)18(15-8-9-15)17-7-3-4-10-20-17/h3-7,10-11,13,15,18H,8-9,12H2,1-2H3/t18-/m0/s1. The van der Waals surface area contributed by atoms with Crippen LogP contribution in [0.5, 0.6) is 0 Å². The minimum absolute atomic E-state index is 0.391. The SMILES string of the molecule is Cc1cccn2cc(CN(C)[C@H](c3ccccn3)C3CC3)nc12. The van der Waals surface area contributed by atoms with E-state index in [0.29, 0.717) is 6.04 Å². The number of pyridine rings is 2. The second-order valence-corrected chi connectivity index (χ2v) is 6.61. The second kappa shape index (κ2) is 5.78. The summed E-state index contributed by atoms with van der Waals surface area (Å²) in [5, 5.41) is 0. The van der Waals surface area contributed by atoms with Crippen LogP contribution in [0.25, 0.3) is 5.65 Å². The van der Waals surface area contributed by atoms with Gasteiger partial charge in [-0.25, -0.2) is 4.98 Å². The number of aromatic nitrogens is 3. The molecule has 3 aromatic rings. The lowest BCUT2D eigenvalue weighted by molar-refractivity contribution is 0.206. The van der Waals surface area contributed by atoms with Gasteiger partial charge in [0, 0.05) is 25.1 Å². The normalized spacial score (nSPS) is 16.1. The van der Waals surface area contributed by atoms with Crippen molar-refractivity contribution >= 4 is 5.65 Å². The molecule has 0 bridgehead atoms. The van der Waals surface area contributed by atoms with E-state index in [0.717, 1.165) is 23.8 Å². The maximum Gasteiger partial charge on any atom is 0.139 e. The van der Waals surface area contributed by atoms with E-state index in [1.165, 1.54) is 24.1 Å². The lowest BCUT2D eigenvalue weighted by Gasteiger charge is -2.27. The molecule has 0 radical (unpaired) electrons. The maximum absolute atomic E-state index is 4.81. The fourth-order valence-corrected chi connectivity index (χ4v) is 3.42. The minimum atomic E-state index is 0.391. The monoisotopic (exact) mass is 306 g/mol. The highest BCUT2D eigenvalue weighted by atomic mass is 15.2. The highest BCUT2D eigenvalue weighted by molar-refractivity contribution is 5.47. The van der Waals surface area contributed by atoms with Gasteiger partial charge in [-0.1, -0.05) is 12.1 Å². The zero-order valence-corrected chi connectivity index (χ0v) is 13.7. The van der Waals surface area contributed by atoms with E-state index >= 15 is 0 Å². The van der Waals surface area contributed by atoms with Gasteiger partial charge in [-0.05, 0) is 56.5 Å². The smallest absolute Gasteiger partial charge is 0.139 e. The molecule has 1 saturated carbocycles. The predicted molar refractivity (Wildman–Crippen MR) is 91.1 cm³/mol. The first-order valence-corrected chi connectivity index (χ1v) is 8.27. The summed E-state index contributed by atoms with van der Waals surface area (Å²) in [5.74, 6) is 0.730. The van der Waals surface area contributed by atoms with Crippen LogP contribution in [0.1, 0.15) is 35.8 Å². The molecule has 4 rings (SSSR count). The molecular formula is C19H22N4. The predicted octanol–water partition coefficient (Wildman–Crippen LogP) is 3.62. The summed E-state index contributed by atoms with van der Waals surface area (Å²) in [6.07, 6.45) is 8.70. The molecule has 0 N–H and O–H groups in total. The number of fused-ring (bicyclic) bond motifs is 1. The van der Waals surface area contributed by atoms with Crippen molar-refractivity contribution in [1.29, 1.82) is 0 Å². The summed E-state index contributed by atoms with van der Waals surface area (Å²) >= 11 is 0. The van der Waals surface area contributed by atoms with E-state index < -0.39 is 0 Å². The van der Waals surface area contributed by atoms with Crippen molar-refractivity contribution in [2.45, 2.75) is 32.4 Å². The lowest BCUT2D eigenvalue weighted by Crippen LogP contribution is -2.26. The molecular weight excluding hydrogens is 284 g/mol. The maximum atomic E-state index is 4.81. The largest absolute Gasteiger partial charge is 0.307 e. The van der Waals surface area contributed by atoms with Crippen LogP contribution >= 0.6 is 0 Å². The van der Waals surface area contributed by atoms with Crippen LogP contribution in [0.3, 0.4) is 0 Å². The number of nitrogens with zero attached hydrogens (tertiary/aromatic N) is 4. The fraction of sp³-hybridized carbons (Fsp3) is 0.368. The third-order valence-corrected chi connectivity index (χ3v) is 4.67. The fourth-order valence-electron chi connectivity index (χ4n) is 3.42. The van der Waals surface area contributed by atoms with Crippen LogP contribution in [0.2, 0.25) is 0 Å². The van der Waals surface area contributed by atoms with Crippen molar-refractivity contribution < 1.29 is 0 Å². The van der Waals surface area contributed by atoms with Crippen molar-refractivity contribution in [1.82, 2.24) is 19.3 Å². The molecule has 0 saturated heterocycles. The van der Waals surface area contributed by atoms with Crippen molar-refractivity contribution in [2.75, 3.05) is 7.05 Å². The van der Waals surface area contributed by atoms with Gasteiger partial charge in [0.25, 0.3) is 0 Å². The Balaban J connectivity index is 1.59. The Kier molecular flexibility index (Phi) is 3.62. The first-order chi connectivity index (χ1) is 11.2. The van der Waals surface area contributed by atoms with Crippen molar-refractivity contribution in [2.24, 2.45) is 5.92 Å². The van der Waals surface area contributed by atoms with Crippen LogP contribution < -0.4 is 0 Å². The molecule has 4 heteroatoms. The topological polar surface area (TPSA) is 33.4 Å². The van der Waals surface area contributed by atoms with E-state index in [2.05, 4.69) is 64.9 Å². The third-order valence-electron chi connectivity index (χ3n) is 4.67. The van der Waals surface area contributed by atoms with Gasteiger partial charge in [0.2, 0.25) is 0 Å². The number of imidazole rings is 1. The van der Waals surface area contributed by atoms with Crippen LogP contribution in [-0.4, -0.2) is 26.3 Å². The van der Waals surface area contributed by atoms with Crippen molar-refractivity contribution in [3.8, 4) is 0 Å². The summed E-state index contributed by atoms with van der Waals surface area (Å²) in [5.41, 5.74) is 4.56. The summed E-state index contributed by atoms with van der Waals surface area (Å²) in [6, 6.07) is 10.8. The average Bonchev–Trinajstić information content (AvgIpc) is 3.28. The Morgan fingerprint density at radius 2 is 2.13 bits per heavy atom. The molecule has 1 aliphatic rings. The van der Waals surface area contributed by atoms with E-state index in [1.54, 1.807) is 0 Å². The number of rotatable bonds is 5. The molecule has 1 atom stereocenters. The van der Waals surface area contributed by atoms with Crippen LogP contribution in [0.15, 0.2) is 48.9 Å². The summed E-state index contributed by atoms with van der Waals surface area (Å²) in [7, 11) is 2.19. The minimum Gasteiger partial charge on any atom is -0.307 e. The zero-order chi connectivity index (χ0) is 15.8. The third kappa shape index (κ3) is 2.86. The molecule has 23 heavy (non-hydrogen) atoms. The van der Waals surface area contributed by atoms with Crippen LogP contribution in [0, 0.1) is 12.8 Å². The average molecular weight is 306 g/mol. The number of hydrogen-bond acceptors (Lipinski definition) is 3. The Morgan fingerprint density at radius 3 is 2.83 bits per heavy atom. The zero-order valence-electron chi connectivity index (χ0n) is 13.7. The quantitative estimate of drug-likeness (QED) is 0.722. The number of hydrogen-bond donors (Lipinski definition) is 0. The van der Waals surface area contributed by atoms with E-state index in [4.69, 9.17) is 4.98 Å². The van der Waals surface area contributed by atoms with Gasteiger partial charge >= 0.3 is 0 Å². The van der Waals surface area contributed by atoms with Gasteiger partial charge in [-0.15, -0.1) is 0 Å². The molecule has 0 unspecified atom stereocenters. The van der Waals surface area contributed by atoms with Gasteiger partial charge < -0.3 is 4.40 Å². The second-order valence-electron chi connectivity index (χ2n) is 6.61. The molecule has 0 aromatic carbocycles. The summed E-state index contributed by atoms with van der Waals surface area (Å²) in [6.45, 7) is 2.95. The van der Waals surface area contributed by atoms with Crippen LogP contribution in [-0.2, 0) is 6.54 Å². The molecule has 1 aliphatic carbocycles. The Bertz CT molecular complexity index is 805. The Labute approximate surface area is 136 Å². The van der Waals surface area contributed by atoms with E-state index in [1.807, 2.05) is 12.3 Å². The molecule has 4 nitrogen and oxygen atoms in total. The Morgan fingerprint density at radius 1 is 1.26 bits per heavy atom. The van der Waals surface area contributed by atoms with Crippen LogP contribution in [0.4, 0.5) is 0 Å². The van der Waals surface area contributed by atoms with Crippen molar-refractivity contribution in [3.63, 3.8) is 0 Å². The molecule has 118 valence electrons. The lowest BCUT2D eigenvalue weighted by atomic mass is 10.1. The molecule has 0 aliphatic heterocycles. The van der Waals surface area contributed by atoms with Gasteiger partial charge in [-0.3, -0.25) is 9.88 Å². The molecule has 0 spiro atoms. The van der Waals surface area contributed by atoms with Gasteiger partial charge in [0.05, 0.1) is 17.4 Å². The van der Waals surface area contributed by atoms with Gasteiger partial charge in [0.1, 0.15) is 5.65 Å². The van der Waals surface area contributed by atoms with Gasteiger partial charge in [0.15, 0.2) is 0 Å².